The highest BCUT2D eigenvalue weighted by Gasteiger charge is 2.18. The molecule has 0 bridgehead atoms. The first kappa shape index (κ1) is 18.0. The molecule has 0 spiro atoms. The van der Waals surface area contributed by atoms with E-state index in [-0.39, 0.29) is 25.4 Å². The van der Waals surface area contributed by atoms with E-state index in [0.29, 0.717) is 12.2 Å². The molecule has 2 heterocycles. The maximum absolute atomic E-state index is 11.9. The molecule has 1 amide bonds. The average Bonchev–Trinajstić information content (AvgIpc) is 2.57. The molecule has 0 unspecified atom stereocenters. The van der Waals surface area contributed by atoms with Crippen LogP contribution in [0.5, 0.6) is 0 Å². The van der Waals surface area contributed by atoms with E-state index in [1.54, 1.807) is 36.8 Å². The molecule has 0 saturated heterocycles. The smallest absolute Gasteiger partial charge is 0.221 e. The van der Waals surface area contributed by atoms with E-state index in [4.69, 9.17) is 0 Å². The molecular weight excluding hydrogens is 328 g/mol. The quantitative estimate of drug-likeness (QED) is 0.767. The van der Waals surface area contributed by atoms with Gasteiger partial charge in [0.15, 0.2) is 0 Å². The van der Waals surface area contributed by atoms with Gasteiger partial charge >= 0.3 is 0 Å². The lowest BCUT2D eigenvalue weighted by Gasteiger charge is -2.19. The highest BCUT2D eigenvalue weighted by molar-refractivity contribution is 7.88. The summed E-state index contributed by atoms with van der Waals surface area (Å²) >= 11 is 0. The summed E-state index contributed by atoms with van der Waals surface area (Å²) in [6, 6.07) is 8.93. The second-order valence-corrected chi connectivity index (χ2v) is 7.28. The Kier molecular flexibility index (Phi) is 6.39. The van der Waals surface area contributed by atoms with Crippen LogP contribution in [-0.2, 0) is 27.9 Å². The monoisotopic (exact) mass is 348 g/mol. The summed E-state index contributed by atoms with van der Waals surface area (Å²) in [4.78, 5) is 20.0. The summed E-state index contributed by atoms with van der Waals surface area (Å²) in [6.07, 6.45) is 6.13. The van der Waals surface area contributed by atoms with Crippen LogP contribution in [0, 0.1) is 0 Å². The number of sulfonamides is 1. The lowest BCUT2D eigenvalue weighted by molar-refractivity contribution is -0.121. The highest BCUT2D eigenvalue weighted by Crippen LogP contribution is 2.07. The minimum absolute atomic E-state index is 0.0883. The number of nitrogens with one attached hydrogen (secondary N) is 1. The Labute approximate surface area is 141 Å². The topological polar surface area (TPSA) is 92.3 Å². The van der Waals surface area contributed by atoms with Crippen LogP contribution in [0.3, 0.4) is 0 Å². The summed E-state index contributed by atoms with van der Waals surface area (Å²) in [7, 11) is -3.42. The van der Waals surface area contributed by atoms with Crippen molar-refractivity contribution in [2.24, 2.45) is 0 Å². The summed E-state index contributed by atoms with van der Waals surface area (Å²) in [5.41, 5.74) is 1.58. The number of carbonyl (C=O) groups is 1. The molecule has 0 saturated carbocycles. The van der Waals surface area contributed by atoms with Gasteiger partial charge in [0.1, 0.15) is 0 Å². The van der Waals surface area contributed by atoms with Crippen LogP contribution in [0.25, 0.3) is 0 Å². The van der Waals surface area contributed by atoms with Crippen LogP contribution in [0.15, 0.2) is 48.9 Å². The van der Waals surface area contributed by atoms with Gasteiger partial charge < -0.3 is 5.32 Å². The van der Waals surface area contributed by atoms with Crippen molar-refractivity contribution < 1.29 is 13.2 Å². The van der Waals surface area contributed by atoms with Crippen molar-refractivity contribution in [2.45, 2.75) is 19.5 Å². The number of carbonyl (C=O) groups excluding carboxylic acids is 1. The van der Waals surface area contributed by atoms with E-state index in [9.17, 15) is 13.2 Å². The van der Waals surface area contributed by atoms with Crippen LogP contribution in [-0.4, -0.2) is 41.4 Å². The van der Waals surface area contributed by atoms with E-state index < -0.39 is 10.0 Å². The van der Waals surface area contributed by atoms with Gasteiger partial charge in [-0.25, -0.2) is 8.42 Å². The third-order valence-electron chi connectivity index (χ3n) is 3.36. The molecular formula is C16H20N4O3S. The van der Waals surface area contributed by atoms with Gasteiger partial charge in [-0.2, -0.15) is 4.31 Å². The van der Waals surface area contributed by atoms with Gasteiger partial charge in [-0.3, -0.25) is 14.8 Å². The number of aromatic nitrogens is 2. The Hall–Kier alpha value is -2.32. The normalized spacial score (nSPS) is 11.4. The van der Waals surface area contributed by atoms with Crippen molar-refractivity contribution in [3.05, 3.63) is 60.2 Å². The van der Waals surface area contributed by atoms with Gasteiger partial charge in [-0.15, -0.1) is 0 Å². The van der Waals surface area contributed by atoms with Gasteiger partial charge in [0.05, 0.1) is 18.5 Å². The Bertz CT molecular complexity index is 751. The zero-order valence-corrected chi connectivity index (χ0v) is 14.2. The number of pyridine rings is 2. The van der Waals surface area contributed by atoms with Crippen LogP contribution < -0.4 is 5.32 Å². The van der Waals surface area contributed by atoms with Crippen molar-refractivity contribution in [2.75, 3.05) is 12.8 Å². The van der Waals surface area contributed by atoms with Crippen molar-refractivity contribution in [3.63, 3.8) is 0 Å². The minimum Gasteiger partial charge on any atom is -0.352 e. The standard InChI is InChI=1S/C16H20N4O3S/c1-24(22,23)20(13-15-4-2-3-8-18-15)11-7-16(21)19-12-14-5-9-17-10-6-14/h2-6,8-10H,7,11-13H2,1H3,(H,19,21). The molecule has 0 radical (unpaired) electrons. The fraction of sp³-hybridized carbons (Fsp3) is 0.312. The number of amides is 1. The zero-order chi connectivity index (χ0) is 17.4. The molecule has 0 aliphatic heterocycles. The van der Waals surface area contributed by atoms with Crippen LogP contribution in [0.1, 0.15) is 17.7 Å². The molecule has 0 atom stereocenters. The van der Waals surface area contributed by atoms with Crippen molar-refractivity contribution in [1.29, 1.82) is 0 Å². The first-order valence-corrected chi connectivity index (χ1v) is 9.30. The second-order valence-electron chi connectivity index (χ2n) is 5.30. The van der Waals surface area contributed by atoms with Crippen LogP contribution in [0.4, 0.5) is 0 Å². The number of hydrogen-bond donors (Lipinski definition) is 1. The van der Waals surface area contributed by atoms with Gasteiger partial charge in [-0.05, 0) is 29.8 Å². The third kappa shape index (κ3) is 6.05. The molecule has 128 valence electrons. The van der Waals surface area contributed by atoms with Crippen molar-refractivity contribution in [1.82, 2.24) is 19.6 Å². The van der Waals surface area contributed by atoms with Gasteiger partial charge in [0.25, 0.3) is 0 Å². The lowest BCUT2D eigenvalue weighted by Crippen LogP contribution is -2.34. The number of nitrogens with zero attached hydrogens (tertiary/aromatic N) is 3. The molecule has 1 N–H and O–H groups in total. The predicted octanol–water partition coefficient (Wildman–Crippen LogP) is 0.945. The molecule has 0 fully saturated rings. The summed E-state index contributed by atoms with van der Waals surface area (Å²) < 4.78 is 25.0. The molecule has 24 heavy (non-hydrogen) atoms. The highest BCUT2D eigenvalue weighted by atomic mass is 32.2. The lowest BCUT2D eigenvalue weighted by atomic mass is 10.2. The van der Waals surface area contributed by atoms with Gasteiger partial charge in [0.2, 0.25) is 15.9 Å². The molecule has 2 aromatic rings. The number of hydrogen-bond acceptors (Lipinski definition) is 5. The SMILES string of the molecule is CS(=O)(=O)N(CCC(=O)NCc1ccncc1)Cc1ccccn1. The van der Waals surface area contributed by atoms with E-state index in [0.717, 1.165) is 11.8 Å². The number of rotatable bonds is 8. The molecule has 2 aromatic heterocycles. The molecule has 0 aliphatic carbocycles. The van der Waals surface area contributed by atoms with Crippen LogP contribution >= 0.6 is 0 Å². The Morgan fingerprint density at radius 2 is 1.92 bits per heavy atom. The predicted molar refractivity (Wildman–Crippen MR) is 90.2 cm³/mol. The third-order valence-corrected chi connectivity index (χ3v) is 4.61. The largest absolute Gasteiger partial charge is 0.352 e. The van der Waals surface area contributed by atoms with E-state index in [2.05, 4.69) is 15.3 Å². The van der Waals surface area contributed by atoms with E-state index in [1.807, 2.05) is 12.1 Å². The van der Waals surface area contributed by atoms with E-state index in [1.165, 1.54) is 4.31 Å². The summed E-state index contributed by atoms with van der Waals surface area (Å²) in [5.74, 6) is -0.207. The summed E-state index contributed by atoms with van der Waals surface area (Å²) in [5, 5.41) is 2.77. The maximum atomic E-state index is 11.9. The second kappa shape index (κ2) is 8.51. The first-order chi connectivity index (χ1) is 11.4. The van der Waals surface area contributed by atoms with Crippen molar-refractivity contribution in [3.8, 4) is 0 Å². The van der Waals surface area contributed by atoms with E-state index >= 15 is 0 Å². The van der Waals surface area contributed by atoms with Gasteiger partial charge in [-0.1, -0.05) is 6.07 Å². The molecule has 0 aliphatic rings. The molecule has 2 rings (SSSR count). The van der Waals surface area contributed by atoms with Gasteiger partial charge in [0, 0.05) is 38.1 Å². The fourth-order valence-corrected chi connectivity index (χ4v) is 2.84. The molecule has 8 heteroatoms. The average molecular weight is 348 g/mol. The summed E-state index contributed by atoms with van der Waals surface area (Å²) in [6.45, 7) is 0.648. The zero-order valence-electron chi connectivity index (χ0n) is 13.4. The Balaban J connectivity index is 1.87. The molecule has 0 aromatic carbocycles. The fourth-order valence-electron chi connectivity index (χ4n) is 2.05. The Morgan fingerprint density at radius 3 is 2.54 bits per heavy atom. The van der Waals surface area contributed by atoms with Crippen LogP contribution in [0.2, 0.25) is 0 Å². The maximum Gasteiger partial charge on any atom is 0.221 e. The van der Waals surface area contributed by atoms with Crippen molar-refractivity contribution >= 4 is 15.9 Å². The first-order valence-electron chi connectivity index (χ1n) is 7.46. The minimum atomic E-state index is -3.42. The molecule has 7 nitrogen and oxygen atoms in total. The Morgan fingerprint density at radius 1 is 1.17 bits per heavy atom.